The first kappa shape index (κ1) is 14.1. The van der Waals surface area contributed by atoms with Crippen LogP contribution in [0, 0.1) is 19.7 Å². The molecule has 0 saturated carbocycles. The van der Waals surface area contributed by atoms with E-state index in [1.807, 2.05) is 0 Å². The average Bonchev–Trinajstić information content (AvgIpc) is 2.40. The molecule has 2 aromatic carbocycles. The number of hydrogen-bond acceptors (Lipinski definition) is 3. The lowest BCUT2D eigenvalue weighted by atomic mass is 10.1. The van der Waals surface area contributed by atoms with Gasteiger partial charge in [-0.25, -0.2) is 9.18 Å². The van der Waals surface area contributed by atoms with E-state index < -0.39 is 5.97 Å². The third-order valence-corrected chi connectivity index (χ3v) is 3.26. The van der Waals surface area contributed by atoms with Crippen molar-refractivity contribution in [2.75, 3.05) is 5.73 Å². The maximum absolute atomic E-state index is 13.0. The summed E-state index contributed by atoms with van der Waals surface area (Å²) in [5, 5.41) is 0. The van der Waals surface area contributed by atoms with E-state index in [0.717, 1.165) is 11.1 Å². The van der Waals surface area contributed by atoms with Gasteiger partial charge >= 0.3 is 5.97 Å². The molecular weight excluding hydrogens is 257 g/mol. The molecule has 0 radical (unpaired) electrons. The molecule has 0 bridgehead atoms. The van der Waals surface area contributed by atoms with Crippen LogP contribution in [0.1, 0.15) is 27.0 Å². The number of halogens is 1. The number of rotatable bonds is 3. The van der Waals surface area contributed by atoms with Gasteiger partial charge in [-0.2, -0.15) is 0 Å². The number of esters is 1. The van der Waals surface area contributed by atoms with Crippen LogP contribution in [0.4, 0.5) is 10.1 Å². The van der Waals surface area contributed by atoms with E-state index >= 15 is 0 Å². The lowest BCUT2D eigenvalue weighted by Gasteiger charge is -2.10. The Hall–Kier alpha value is -2.36. The van der Waals surface area contributed by atoms with E-state index in [2.05, 4.69) is 0 Å². The predicted molar refractivity (Wildman–Crippen MR) is 75.8 cm³/mol. The third-order valence-electron chi connectivity index (χ3n) is 3.26. The van der Waals surface area contributed by atoms with Crippen LogP contribution in [-0.4, -0.2) is 5.97 Å². The molecule has 0 fully saturated rings. The molecule has 0 aliphatic rings. The number of carbonyl (C=O) groups is 1. The van der Waals surface area contributed by atoms with Gasteiger partial charge in [0, 0.05) is 5.69 Å². The van der Waals surface area contributed by atoms with Crippen LogP contribution in [0.2, 0.25) is 0 Å². The summed E-state index contributed by atoms with van der Waals surface area (Å²) in [4.78, 5) is 12.0. The molecular formula is C16H16FNO2. The van der Waals surface area contributed by atoms with E-state index in [1.54, 1.807) is 38.1 Å². The van der Waals surface area contributed by atoms with Crippen molar-refractivity contribution in [1.29, 1.82) is 0 Å². The Bertz CT molecular complexity index is 653. The highest BCUT2D eigenvalue weighted by Crippen LogP contribution is 2.18. The molecule has 3 nitrogen and oxygen atoms in total. The Morgan fingerprint density at radius 3 is 2.70 bits per heavy atom. The van der Waals surface area contributed by atoms with Crippen molar-refractivity contribution in [3.8, 4) is 0 Å². The van der Waals surface area contributed by atoms with E-state index in [-0.39, 0.29) is 12.4 Å². The fourth-order valence-corrected chi connectivity index (χ4v) is 1.92. The van der Waals surface area contributed by atoms with Crippen molar-refractivity contribution >= 4 is 11.7 Å². The van der Waals surface area contributed by atoms with Gasteiger partial charge in [0.2, 0.25) is 0 Å². The zero-order chi connectivity index (χ0) is 14.7. The van der Waals surface area contributed by atoms with Gasteiger partial charge in [-0.15, -0.1) is 0 Å². The summed E-state index contributed by atoms with van der Waals surface area (Å²) in [5.74, 6) is -0.734. The van der Waals surface area contributed by atoms with E-state index in [0.29, 0.717) is 16.8 Å². The summed E-state index contributed by atoms with van der Waals surface area (Å²) in [6.45, 7) is 3.66. The molecule has 0 aliphatic heterocycles. The standard InChI is InChI=1S/C16H16FNO2/c1-10-8-13(17)7-6-12(10)9-20-16(19)14-4-3-5-15(18)11(14)2/h3-8H,9,18H2,1-2H3. The second kappa shape index (κ2) is 5.74. The van der Waals surface area contributed by atoms with Crippen molar-refractivity contribution in [3.63, 3.8) is 0 Å². The Kier molecular flexibility index (Phi) is 4.03. The Morgan fingerprint density at radius 1 is 1.25 bits per heavy atom. The molecule has 0 aromatic heterocycles. The number of anilines is 1. The minimum absolute atomic E-state index is 0.110. The molecule has 0 aliphatic carbocycles. The summed E-state index contributed by atoms with van der Waals surface area (Å²) in [7, 11) is 0. The number of hydrogen-bond donors (Lipinski definition) is 1. The lowest BCUT2D eigenvalue weighted by molar-refractivity contribution is 0.0471. The number of ether oxygens (including phenoxy) is 1. The molecule has 0 saturated heterocycles. The van der Waals surface area contributed by atoms with Crippen LogP contribution in [0.15, 0.2) is 36.4 Å². The minimum atomic E-state index is -0.432. The Balaban J connectivity index is 2.11. The highest BCUT2D eigenvalue weighted by Gasteiger charge is 2.12. The molecule has 2 aromatic rings. The molecule has 0 heterocycles. The fourth-order valence-electron chi connectivity index (χ4n) is 1.92. The van der Waals surface area contributed by atoms with Crippen molar-refractivity contribution in [1.82, 2.24) is 0 Å². The number of carbonyl (C=O) groups excluding carboxylic acids is 1. The van der Waals surface area contributed by atoms with Crippen LogP contribution < -0.4 is 5.73 Å². The third kappa shape index (κ3) is 2.96. The molecule has 2 rings (SSSR count). The van der Waals surface area contributed by atoms with Crippen molar-refractivity contribution in [2.24, 2.45) is 0 Å². The first-order valence-corrected chi connectivity index (χ1v) is 6.26. The van der Waals surface area contributed by atoms with Gasteiger partial charge in [0.1, 0.15) is 12.4 Å². The largest absolute Gasteiger partial charge is 0.457 e. The second-order valence-electron chi connectivity index (χ2n) is 4.67. The van der Waals surface area contributed by atoms with E-state index in [1.165, 1.54) is 12.1 Å². The SMILES string of the molecule is Cc1cc(F)ccc1COC(=O)c1cccc(N)c1C. The molecule has 2 N–H and O–H groups in total. The molecule has 0 amide bonds. The quantitative estimate of drug-likeness (QED) is 0.689. The zero-order valence-corrected chi connectivity index (χ0v) is 11.4. The predicted octanol–water partition coefficient (Wildman–Crippen LogP) is 3.38. The monoisotopic (exact) mass is 273 g/mol. The van der Waals surface area contributed by atoms with E-state index in [9.17, 15) is 9.18 Å². The summed E-state index contributed by atoms with van der Waals surface area (Å²) < 4.78 is 18.2. The zero-order valence-electron chi connectivity index (χ0n) is 11.4. The molecule has 20 heavy (non-hydrogen) atoms. The van der Waals surface area contributed by atoms with Gasteiger partial charge in [0.15, 0.2) is 0 Å². The summed E-state index contributed by atoms with van der Waals surface area (Å²) in [6, 6.07) is 9.49. The van der Waals surface area contributed by atoms with Gasteiger partial charge in [0.05, 0.1) is 5.56 Å². The smallest absolute Gasteiger partial charge is 0.338 e. The molecule has 0 unspecified atom stereocenters. The van der Waals surface area contributed by atoms with Crippen molar-refractivity contribution < 1.29 is 13.9 Å². The average molecular weight is 273 g/mol. The van der Waals surface area contributed by atoms with Gasteiger partial charge in [-0.05, 0) is 54.8 Å². The number of nitrogen functional groups attached to an aromatic ring is 1. The Morgan fingerprint density at radius 2 is 2.00 bits per heavy atom. The molecule has 0 atom stereocenters. The number of nitrogens with two attached hydrogens (primary N) is 1. The first-order valence-electron chi connectivity index (χ1n) is 6.26. The van der Waals surface area contributed by atoms with Crippen LogP contribution in [0.25, 0.3) is 0 Å². The summed E-state index contributed by atoms with van der Waals surface area (Å²) in [6.07, 6.45) is 0. The van der Waals surface area contributed by atoms with Crippen molar-refractivity contribution in [2.45, 2.75) is 20.5 Å². The second-order valence-corrected chi connectivity index (χ2v) is 4.67. The highest BCUT2D eigenvalue weighted by molar-refractivity contribution is 5.92. The van der Waals surface area contributed by atoms with Crippen LogP contribution >= 0.6 is 0 Å². The molecule has 104 valence electrons. The van der Waals surface area contributed by atoms with Crippen molar-refractivity contribution in [3.05, 3.63) is 64.5 Å². The van der Waals surface area contributed by atoms with Crippen LogP contribution in [0.3, 0.4) is 0 Å². The molecule has 0 spiro atoms. The minimum Gasteiger partial charge on any atom is -0.457 e. The van der Waals surface area contributed by atoms with Gasteiger partial charge in [0.25, 0.3) is 0 Å². The van der Waals surface area contributed by atoms with Crippen LogP contribution in [0.5, 0.6) is 0 Å². The molecule has 4 heteroatoms. The van der Waals surface area contributed by atoms with Gasteiger partial charge in [-0.3, -0.25) is 0 Å². The highest BCUT2D eigenvalue weighted by atomic mass is 19.1. The Labute approximate surface area is 117 Å². The maximum atomic E-state index is 13.0. The summed E-state index contributed by atoms with van der Waals surface area (Å²) >= 11 is 0. The van der Waals surface area contributed by atoms with Gasteiger partial charge in [-0.1, -0.05) is 12.1 Å². The normalized spacial score (nSPS) is 10.3. The fraction of sp³-hybridized carbons (Fsp3) is 0.188. The maximum Gasteiger partial charge on any atom is 0.338 e. The number of aryl methyl sites for hydroxylation is 1. The number of benzene rings is 2. The van der Waals surface area contributed by atoms with Crippen LogP contribution in [-0.2, 0) is 11.3 Å². The lowest BCUT2D eigenvalue weighted by Crippen LogP contribution is -2.09. The van der Waals surface area contributed by atoms with E-state index in [4.69, 9.17) is 10.5 Å². The topological polar surface area (TPSA) is 52.3 Å². The summed E-state index contributed by atoms with van der Waals surface area (Å²) in [5.41, 5.74) is 8.99. The first-order chi connectivity index (χ1) is 9.49. The van der Waals surface area contributed by atoms with Gasteiger partial charge < -0.3 is 10.5 Å².